The molecule has 0 unspecified atom stereocenters. The van der Waals surface area contributed by atoms with E-state index in [9.17, 15) is 9.18 Å². The number of hydrogen-bond donors (Lipinski definition) is 1. The molecule has 33 heavy (non-hydrogen) atoms. The van der Waals surface area contributed by atoms with E-state index in [0.717, 1.165) is 22.2 Å². The zero-order valence-corrected chi connectivity index (χ0v) is 18.5. The van der Waals surface area contributed by atoms with Crippen molar-refractivity contribution in [1.82, 2.24) is 4.98 Å². The van der Waals surface area contributed by atoms with Gasteiger partial charge in [0.15, 0.2) is 6.17 Å². The number of carbonyl (C=O) groups excluding carboxylic acids is 1. The highest BCUT2D eigenvalue weighted by atomic mass is 35.5. The molecule has 1 atom stereocenters. The van der Waals surface area contributed by atoms with Crippen LogP contribution < -0.4 is 9.91 Å². The van der Waals surface area contributed by atoms with Crippen molar-refractivity contribution < 1.29 is 13.9 Å². The lowest BCUT2D eigenvalue weighted by Crippen LogP contribution is -2.39. The molecule has 1 N–H and O–H groups in total. The van der Waals surface area contributed by atoms with Crippen molar-refractivity contribution in [2.75, 3.05) is 16.5 Å². The summed E-state index contributed by atoms with van der Waals surface area (Å²) in [6.07, 6.45) is 1.37. The van der Waals surface area contributed by atoms with Crippen molar-refractivity contribution >= 4 is 45.7 Å². The van der Waals surface area contributed by atoms with Crippen LogP contribution in [-0.4, -0.2) is 23.4 Å². The van der Waals surface area contributed by atoms with E-state index in [4.69, 9.17) is 16.3 Å². The summed E-state index contributed by atoms with van der Waals surface area (Å²) < 4.78 is 19.1. The molecular formula is C25H20ClFN4O2. The number of para-hydroxylation sites is 1. The van der Waals surface area contributed by atoms with E-state index in [-0.39, 0.29) is 18.3 Å². The average molecular weight is 463 g/mol. The summed E-state index contributed by atoms with van der Waals surface area (Å²) in [5, 5.41) is 8.00. The second-order valence-electron chi connectivity index (χ2n) is 7.47. The monoisotopic (exact) mass is 462 g/mol. The summed E-state index contributed by atoms with van der Waals surface area (Å²) in [7, 11) is 0. The molecule has 166 valence electrons. The Bertz CT molecular complexity index is 1330. The van der Waals surface area contributed by atoms with Gasteiger partial charge in [-0.3, -0.25) is 4.90 Å². The van der Waals surface area contributed by atoms with Gasteiger partial charge in [0.2, 0.25) is 5.84 Å². The third kappa shape index (κ3) is 3.81. The Morgan fingerprint density at radius 1 is 1.06 bits per heavy atom. The summed E-state index contributed by atoms with van der Waals surface area (Å²) >= 11 is 6.11. The molecule has 8 heteroatoms. The Morgan fingerprint density at radius 2 is 1.76 bits per heavy atom. The summed E-state index contributed by atoms with van der Waals surface area (Å²) in [4.78, 5) is 18.0. The van der Waals surface area contributed by atoms with Crippen LogP contribution >= 0.6 is 11.6 Å². The number of anilines is 2. The third-order valence-electron chi connectivity index (χ3n) is 5.46. The van der Waals surface area contributed by atoms with Crippen LogP contribution in [0.1, 0.15) is 18.7 Å². The zero-order chi connectivity index (χ0) is 22.9. The topological polar surface area (TPSA) is 60.9 Å². The van der Waals surface area contributed by atoms with Gasteiger partial charge in [-0.05, 0) is 61.5 Å². The summed E-state index contributed by atoms with van der Waals surface area (Å²) in [5.74, 6) is -0.831. The van der Waals surface area contributed by atoms with Crippen LogP contribution in [0.25, 0.3) is 10.9 Å². The number of carbonyl (C=O) groups is 1. The highest BCUT2D eigenvalue weighted by Crippen LogP contribution is 2.41. The molecule has 1 aliphatic rings. The van der Waals surface area contributed by atoms with Crippen LogP contribution in [0.4, 0.5) is 15.8 Å². The lowest BCUT2D eigenvalue weighted by molar-refractivity contribution is -0.135. The second-order valence-corrected chi connectivity index (χ2v) is 7.91. The lowest BCUT2D eigenvalue weighted by atomic mass is 10.1. The standard InChI is InChI=1S/C25H20ClFN4O2/c1-2-33-25(32)23-29-31(19-11-7-16(26)8-12-19)24(30(23)18-13-9-17(27)10-14-18)21-15-28-22-6-4-3-5-20(21)22/h3-15,24,28H,2H2,1H3/t24-/m1/s1. The maximum Gasteiger partial charge on any atom is 0.376 e. The molecule has 1 aliphatic heterocycles. The molecule has 0 saturated heterocycles. The van der Waals surface area contributed by atoms with Gasteiger partial charge < -0.3 is 9.72 Å². The lowest BCUT2D eigenvalue weighted by Gasteiger charge is -2.31. The molecule has 0 saturated carbocycles. The second kappa shape index (κ2) is 8.60. The van der Waals surface area contributed by atoms with Crippen LogP contribution in [-0.2, 0) is 9.53 Å². The number of ether oxygens (including phenoxy) is 1. The van der Waals surface area contributed by atoms with Crippen molar-refractivity contribution in [3.05, 3.63) is 95.4 Å². The summed E-state index contributed by atoms with van der Waals surface area (Å²) in [6.45, 7) is 1.94. The van der Waals surface area contributed by atoms with Gasteiger partial charge in [0, 0.05) is 33.4 Å². The number of aromatic amines is 1. The number of amidine groups is 1. The molecular weight excluding hydrogens is 443 g/mol. The number of hydrazone groups is 1. The minimum atomic E-state index is -0.567. The smallest absolute Gasteiger partial charge is 0.376 e. The number of benzene rings is 3. The number of rotatable bonds is 5. The SMILES string of the molecule is CCOC(=O)C1=NN(c2ccc(Cl)cc2)[C@H](c2c[nH]c3ccccc23)N1c1ccc(F)cc1. The minimum Gasteiger partial charge on any atom is -0.460 e. The van der Waals surface area contributed by atoms with Gasteiger partial charge in [-0.15, -0.1) is 5.10 Å². The quantitative estimate of drug-likeness (QED) is 0.377. The Kier molecular flexibility index (Phi) is 5.48. The van der Waals surface area contributed by atoms with Crippen molar-refractivity contribution in [3.8, 4) is 0 Å². The van der Waals surface area contributed by atoms with E-state index in [1.54, 1.807) is 41.1 Å². The van der Waals surface area contributed by atoms with Crippen LogP contribution in [0, 0.1) is 5.82 Å². The molecule has 0 radical (unpaired) electrons. The highest BCUT2D eigenvalue weighted by Gasteiger charge is 2.42. The van der Waals surface area contributed by atoms with E-state index >= 15 is 0 Å². The van der Waals surface area contributed by atoms with Gasteiger partial charge in [0.25, 0.3) is 0 Å². The summed E-state index contributed by atoms with van der Waals surface area (Å²) in [6, 6.07) is 21.1. The van der Waals surface area contributed by atoms with Crippen LogP contribution in [0.2, 0.25) is 5.02 Å². The number of halogens is 2. The van der Waals surface area contributed by atoms with Gasteiger partial charge in [-0.25, -0.2) is 14.2 Å². The van der Waals surface area contributed by atoms with Gasteiger partial charge in [0.1, 0.15) is 5.82 Å². The molecule has 4 aromatic rings. The largest absolute Gasteiger partial charge is 0.460 e. The predicted molar refractivity (Wildman–Crippen MR) is 128 cm³/mol. The highest BCUT2D eigenvalue weighted by molar-refractivity contribution is 6.42. The molecule has 6 nitrogen and oxygen atoms in total. The third-order valence-corrected chi connectivity index (χ3v) is 5.71. The van der Waals surface area contributed by atoms with Gasteiger partial charge in [-0.1, -0.05) is 29.8 Å². The minimum absolute atomic E-state index is 0.105. The molecule has 0 amide bonds. The number of fused-ring (bicyclic) bond motifs is 1. The average Bonchev–Trinajstić information content (AvgIpc) is 3.42. The first-order valence-electron chi connectivity index (χ1n) is 10.5. The fraction of sp³-hybridized carbons (Fsp3) is 0.120. The predicted octanol–water partition coefficient (Wildman–Crippen LogP) is 5.86. The molecule has 2 heterocycles. The fourth-order valence-electron chi connectivity index (χ4n) is 4.00. The maximum absolute atomic E-state index is 13.7. The van der Waals surface area contributed by atoms with Gasteiger partial charge in [0.05, 0.1) is 12.3 Å². The Morgan fingerprint density at radius 3 is 2.48 bits per heavy atom. The van der Waals surface area contributed by atoms with E-state index in [2.05, 4.69) is 10.1 Å². The van der Waals surface area contributed by atoms with E-state index in [0.29, 0.717) is 10.7 Å². The van der Waals surface area contributed by atoms with Crippen molar-refractivity contribution in [2.45, 2.75) is 13.1 Å². The van der Waals surface area contributed by atoms with Crippen LogP contribution in [0.15, 0.2) is 84.1 Å². The van der Waals surface area contributed by atoms with Crippen molar-refractivity contribution in [3.63, 3.8) is 0 Å². The van der Waals surface area contributed by atoms with Crippen LogP contribution in [0.5, 0.6) is 0 Å². The first-order chi connectivity index (χ1) is 16.1. The molecule has 0 fully saturated rings. The van der Waals surface area contributed by atoms with Crippen molar-refractivity contribution in [1.29, 1.82) is 0 Å². The van der Waals surface area contributed by atoms with E-state index < -0.39 is 12.1 Å². The molecule has 3 aromatic carbocycles. The number of nitrogens with one attached hydrogen (secondary N) is 1. The normalized spacial score (nSPS) is 15.7. The Balaban J connectivity index is 1.73. The molecule has 0 spiro atoms. The number of esters is 1. The summed E-state index contributed by atoms with van der Waals surface area (Å²) in [5.41, 5.74) is 3.19. The number of nitrogens with zero attached hydrogens (tertiary/aromatic N) is 3. The number of hydrogen-bond acceptors (Lipinski definition) is 5. The van der Waals surface area contributed by atoms with Crippen molar-refractivity contribution in [2.24, 2.45) is 5.10 Å². The Hall–Kier alpha value is -3.84. The number of H-pyrrole nitrogens is 1. The molecule has 0 aliphatic carbocycles. The first-order valence-corrected chi connectivity index (χ1v) is 10.9. The van der Waals surface area contributed by atoms with E-state index in [1.165, 1.54) is 12.1 Å². The van der Waals surface area contributed by atoms with Crippen LogP contribution in [0.3, 0.4) is 0 Å². The number of aromatic nitrogens is 1. The molecule has 1 aromatic heterocycles. The molecule has 5 rings (SSSR count). The first kappa shape index (κ1) is 21.0. The maximum atomic E-state index is 13.7. The van der Waals surface area contributed by atoms with Gasteiger partial charge in [-0.2, -0.15) is 0 Å². The molecule has 0 bridgehead atoms. The fourth-order valence-corrected chi connectivity index (χ4v) is 4.13. The van der Waals surface area contributed by atoms with E-state index in [1.807, 2.05) is 42.6 Å². The Labute approximate surface area is 194 Å². The van der Waals surface area contributed by atoms with Gasteiger partial charge >= 0.3 is 5.97 Å². The zero-order valence-electron chi connectivity index (χ0n) is 17.7.